The van der Waals surface area contributed by atoms with Crippen LogP contribution in [0.1, 0.15) is 5.69 Å². The van der Waals surface area contributed by atoms with Crippen molar-refractivity contribution in [1.29, 1.82) is 0 Å². The van der Waals surface area contributed by atoms with Gasteiger partial charge in [0.1, 0.15) is 11.5 Å². The van der Waals surface area contributed by atoms with Crippen LogP contribution in [0.4, 0.5) is 19.0 Å². The average Bonchev–Trinajstić information content (AvgIpc) is 2.17. The zero-order chi connectivity index (χ0) is 11.3. The summed E-state index contributed by atoms with van der Waals surface area (Å²) in [5.74, 6) is 1.09. The number of pyridine rings is 1. The zero-order valence-electron chi connectivity index (χ0n) is 8.14. The first kappa shape index (κ1) is 12.2. The molecule has 0 aliphatic carbocycles. The Morgan fingerprint density at radius 3 is 2.73 bits per heavy atom. The lowest BCUT2D eigenvalue weighted by Crippen LogP contribution is -2.11. The van der Waals surface area contributed by atoms with E-state index in [1.165, 1.54) is 12.1 Å². The van der Waals surface area contributed by atoms with Crippen molar-refractivity contribution < 1.29 is 13.2 Å². The van der Waals surface area contributed by atoms with Gasteiger partial charge in [0.05, 0.1) is 0 Å². The molecule has 0 atom stereocenters. The summed E-state index contributed by atoms with van der Waals surface area (Å²) in [6, 6.07) is 3.83. The molecule has 84 valence electrons. The molecule has 0 unspecified atom stereocenters. The molecule has 0 aliphatic heterocycles. The number of thioether (sulfide) groups is 1. The maximum absolute atomic E-state index is 12.3. The van der Waals surface area contributed by atoms with Gasteiger partial charge in [0.2, 0.25) is 0 Å². The summed E-state index contributed by atoms with van der Waals surface area (Å²) in [7, 11) is 0. The van der Waals surface area contributed by atoms with Crippen molar-refractivity contribution in [2.45, 2.75) is 6.18 Å². The van der Waals surface area contributed by atoms with Crippen molar-refractivity contribution in [1.82, 2.24) is 4.98 Å². The van der Waals surface area contributed by atoms with Gasteiger partial charge in [-0.25, -0.2) is 4.98 Å². The van der Waals surface area contributed by atoms with E-state index >= 15 is 0 Å². The summed E-state index contributed by atoms with van der Waals surface area (Å²) < 4.78 is 36.8. The van der Waals surface area contributed by atoms with E-state index in [0.717, 1.165) is 11.8 Å². The molecule has 1 aromatic rings. The lowest BCUT2D eigenvalue weighted by Gasteiger charge is -2.08. The summed E-state index contributed by atoms with van der Waals surface area (Å²) in [6.45, 7) is 0.607. The van der Waals surface area contributed by atoms with Crippen molar-refractivity contribution in [3.05, 3.63) is 23.9 Å². The van der Waals surface area contributed by atoms with Crippen LogP contribution in [0.5, 0.6) is 0 Å². The molecule has 15 heavy (non-hydrogen) atoms. The van der Waals surface area contributed by atoms with Crippen LogP contribution in [0.25, 0.3) is 0 Å². The fourth-order valence-corrected chi connectivity index (χ4v) is 1.28. The molecule has 0 aliphatic rings. The van der Waals surface area contributed by atoms with Crippen molar-refractivity contribution in [3.8, 4) is 0 Å². The Hall–Kier alpha value is -0.910. The Morgan fingerprint density at radius 1 is 1.40 bits per heavy atom. The zero-order valence-corrected chi connectivity index (χ0v) is 8.95. The Labute approximate surface area is 90.3 Å². The van der Waals surface area contributed by atoms with Crippen LogP contribution in [0.3, 0.4) is 0 Å². The number of hydrogen-bond acceptors (Lipinski definition) is 3. The topological polar surface area (TPSA) is 24.9 Å². The number of rotatable bonds is 4. The first-order valence-electron chi connectivity index (χ1n) is 4.31. The van der Waals surface area contributed by atoms with Gasteiger partial charge in [0.25, 0.3) is 0 Å². The van der Waals surface area contributed by atoms with Gasteiger partial charge in [0, 0.05) is 12.3 Å². The summed E-state index contributed by atoms with van der Waals surface area (Å²) in [6.07, 6.45) is -2.45. The van der Waals surface area contributed by atoms with Crippen LogP contribution in [-0.2, 0) is 6.18 Å². The molecule has 0 spiro atoms. The number of halogens is 3. The van der Waals surface area contributed by atoms with E-state index in [-0.39, 0.29) is 5.82 Å². The molecule has 1 N–H and O–H groups in total. The lowest BCUT2D eigenvalue weighted by atomic mass is 10.3. The van der Waals surface area contributed by atoms with E-state index in [9.17, 15) is 13.2 Å². The predicted molar refractivity (Wildman–Crippen MR) is 56.1 cm³/mol. The Balaban J connectivity index is 2.66. The Morgan fingerprint density at radius 2 is 2.13 bits per heavy atom. The van der Waals surface area contributed by atoms with Gasteiger partial charge in [-0.05, 0) is 18.4 Å². The van der Waals surface area contributed by atoms with E-state index in [1.807, 2.05) is 6.26 Å². The third kappa shape index (κ3) is 3.99. The molecule has 0 saturated heterocycles. The molecule has 2 nitrogen and oxygen atoms in total. The predicted octanol–water partition coefficient (Wildman–Crippen LogP) is 2.88. The Kier molecular flexibility index (Phi) is 4.26. The second-order valence-corrected chi connectivity index (χ2v) is 3.81. The van der Waals surface area contributed by atoms with Gasteiger partial charge in [-0.3, -0.25) is 0 Å². The SMILES string of the molecule is CSCCNc1cccc(C(F)(F)F)n1. The number of nitrogens with zero attached hydrogens (tertiary/aromatic N) is 1. The molecule has 0 aromatic carbocycles. The summed E-state index contributed by atoms with van der Waals surface area (Å²) in [4.78, 5) is 3.47. The molecule has 6 heteroatoms. The number of alkyl halides is 3. The van der Waals surface area contributed by atoms with Crippen LogP contribution in [-0.4, -0.2) is 23.5 Å². The molecule has 1 aromatic heterocycles. The fraction of sp³-hybridized carbons (Fsp3) is 0.444. The first-order chi connectivity index (χ1) is 7.04. The molecule has 0 fully saturated rings. The maximum Gasteiger partial charge on any atom is 0.433 e. The van der Waals surface area contributed by atoms with E-state index in [1.54, 1.807) is 11.8 Å². The monoisotopic (exact) mass is 236 g/mol. The van der Waals surface area contributed by atoms with Crippen LogP contribution in [0, 0.1) is 0 Å². The van der Waals surface area contributed by atoms with E-state index < -0.39 is 11.9 Å². The van der Waals surface area contributed by atoms with Crippen LogP contribution >= 0.6 is 11.8 Å². The highest BCUT2D eigenvalue weighted by atomic mass is 32.2. The highest BCUT2D eigenvalue weighted by molar-refractivity contribution is 7.98. The normalized spacial score (nSPS) is 11.5. The van der Waals surface area contributed by atoms with E-state index in [0.29, 0.717) is 6.54 Å². The number of hydrogen-bond donors (Lipinski definition) is 1. The minimum absolute atomic E-state index is 0.263. The van der Waals surface area contributed by atoms with Crippen molar-refractivity contribution in [3.63, 3.8) is 0 Å². The minimum Gasteiger partial charge on any atom is -0.369 e. The molecule has 1 rings (SSSR count). The van der Waals surface area contributed by atoms with Crippen LogP contribution in [0.2, 0.25) is 0 Å². The highest BCUT2D eigenvalue weighted by Crippen LogP contribution is 2.27. The third-order valence-corrected chi connectivity index (χ3v) is 2.26. The van der Waals surface area contributed by atoms with Gasteiger partial charge in [-0.2, -0.15) is 24.9 Å². The molecule has 0 amide bonds. The first-order valence-corrected chi connectivity index (χ1v) is 5.70. The van der Waals surface area contributed by atoms with Crippen LogP contribution < -0.4 is 5.32 Å². The second-order valence-electron chi connectivity index (χ2n) is 2.83. The van der Waals surface area contributed by atoms with Gasteiger partial charge >= 0.3 is 6.18 Å². The second kappa shape index (κ2) is 5.25. The summed E-state index contributed by atoms with van der Waals surface area (Å²) in [5, 5.41) is 2.83. The molecule has 0 radical (unpaired) electrons. The fourth-order valence-electron chi connectivity index (χ4n) is 0.972. The van der Waals surface area contributed by atoms with Crippen molar-refractivity contribution >= 4 is 17.6 Å². The molecule has 0 bridgehead atoms. The van der Waals surface area contributed by atoms with Gasteiger partial charge in [-0.1, -0.05) is 6.07 Å². The van der Waals surface area contributed by atoms with Crippen molar-refractivity contribution in [2.75, 3.05) is 23.9 Å². The van der Waals surface area contributed by atoms with E-state index in [2.05, 4.69) is 10.3 Å². The van der Waals surface area contributed by atoms with Crippen molar-refractivity contribution in [2.24, 2.45) is 0 Å². The number of nitrogens with one attached hydrogen (secondary N) is 1. The summed E-state index contributed by atoms with van der Waals surface area (Å²) >= 11 is 1.62. The average molecular weight is 236 g/mol. The van der Waals surface area contributed by atoms with Crippen LogP contribution in [0.15, 0.2) is 18.2 Å². The number of aromatic nitrogens is 1. The largest absolute Gasteiger partial charge is 0.433 e. The number of anilines is 1. The van der Waals surface area contributed by atoms with Gasteiger partial charge in [0.15, 0.2) is 0 Å². The molecule has 1 heterocycles. The molecular formula is C9H11F3N2S. The van der Waals surface area contributed by atoms with Gasteiger partial charge < -0.3 is 5.32 Å². The minimum atomic E-state index is -4.38. The third-order valence-electron chi connectivity index (χ3n) is 1.65. The standard InChI is InChI=1S/C9H11F3N2S/c1-15-6-5-13-8-4-2-3-7(14-8)9(10,11)12/h2-4H,5-6H2,1H3,(H,13,14). The Bertz CT molecular complexity index is 314. The maximum atomic E-state index is 12.3. The lowest BCUT2D eigenvalue weighted by molar-refractivity contribution is -0.141. The molecule has 0 saturated carbocycles. The van der Waals surface area contributed by atoms with Gasteiger partial charge in [-0.15, -0.1) is 0 Å². The van der Waals surface area contributed by atoms with E-state index in [4.69, 9.17) is 0 Å². The quantitative estimate of drug-likeness (QED) is 0.814. The molecular weight excluding hydrogens is 225 g/mol. The summed E-state index contributed by atoms with van der Waals surface area (Å²) in [5.41, 5.74) is -0.864. The smallest absolute Gasteiger partial charge is 0.369 e. The highest BCUT2D eigenvalue weighted by Gasteiger charge is 2.32.